The number of fused-ring (bicyclic) bond motifs is 1. The lowest BCUT2D eigenvalue weighted by molar-refractivity contribution is -0.146. The van der Waals surface area contributed by atoms with Crippen LogP contribution in [0.3, 0.4) is 0 Å². The molecule has 304 valence electrons. The fraction of sp³-hybridized carbons (Fsp3) is 0.700. The molecule has 1 unspecified atom stereocenters. The molecule has 6 atom stereocenters. The summed E-state index contributed by atoms with van der Waals surface area (Å²) in [5.74, 6) is -2.58. The van der Waals surface area contributed by atoms with Crippen LogP contribution in [-0.2, 0) is 29.2 Å². The van der Waals surface area contributed by atoms with Gasteiger partial charge in [-0.1, -0.05) is 73.3 Å². The largest absolute Gasteiger partial charge is 0.346 e. The predicted octanol–water partition coefficient (Wildman–Crippen LogP) is 3.39. The van der Waals surface area contributed by atoms with Crippen molar-refractivity contribution in [3.05, 3.63) is 37.2 Å². The van der Waals surface area contributed by atoms with Gasteiger partial charge in [0.1, 0.15) is 23.0 Å². The van der Waals surface area contributed by atoms with Crippen molar-refractivity contribution in [3.63, 3.8) is 0 Å². The van der Waals surface area contributed by atoms with Crippen molar-refractivity contribution in [2.75, 3.05) is 26.7 Å². The number of likely N-dealkylation sites (N-methyl/N-ethyl adjacent to an activating group) is 1. The number of amides is 5. The molecule has 3 saturated carbocycles. The molecule has 4 aliphatic rings. The summed E-state index contributed by atoms with van der Waals surface area (Å²) in [5.41, 5.74) is -1.40. The quantitative estimate of drug-likeness (QED) is 0.154. The average molecular weight is 784 g/mol. The van der Waals surface area contributed by atoms with E-state index in [0.29, 0.717) is 32.2 Å². The van der Waals surface area contributed by atoms with Gasteiger partial charge in [0.05, 0.1) is 0 Å². The third kappa shape index (κ3) is 8.92. The Morgan fingerprint density at radius 3 is 2.27 bits per heavy atom. The Kier molecular flexibility index (Phi) is 12.6. The van der Waals surface area contributed by atoms with Crippen LogP contribution in [0.2, 0.25) is 0 Å². The van der Waals surface area contributed by atoms with Crippen LogP contribution in [0.5, 0.6) is 0 Å². The van der Waals surface area contributed by atoms with E-state index in [-0.39, 0.29) is 47.1 Å². The van der Waals surface area contributed by atoms with E-state index < -0.39 is 68.6 Å². The molecule has 1 aromatic rings. The molecule has 0 spiro atoms. The van der Waals surface area contributed by atoms with Crippen molar-refractivity contribution >= 4 is 39.6 Å². The molecule has 4 fully saturated rings. The number of likely N-dealkylation sites (tertiary alicyclic amines) is 1. The first-order chi connectivity index (χ1) is 25.7. The van der Waals surface area contributed by atoms with Crippen LogP contribution in [0.4, 0.5) is 4.79 Å². The number of nitrogens with one attached hydrogen (secondary N) is 4. The molecular formula is C40H61N7O7S. The molecule has 0 radical (unpaired) electrons. The number of aromatic nitrogens is 1. The summed E-state index contributed by atoms with van der Waals surface area (Å²) in [6, 6.07) is -1.11. The number of nitrogens with zero attached hydrogens (tertiary/aromatic N) is 3. The van der Waals surface area contributed by atoms with Gasteiger partial charge in [0, 0.05) is 45.1 Å². The summed E-state index contributed by atoms with van der Waals surface area (Å²) < 4.78 is 27.9. The highest BCUT2D eigenvalue weighted by atomic mass is 32.2. The molecule has 5 rings (SSSR count). The number of carbonyl (C=O) groups excluding carboxylic acids is 5. The lowest BCUT2D eigenvalue weighted by Crippen LogP contribution is -2.64. The van der Waals surface area contributed by atoms with E-state index in [2.05, 4.69) is 46.7 Å². The predicted molar refractivity (Wildman–Crippen MR) is 208 cm³/mol. The van der Waals surface area contributed by atoms with E-state index in [4.69, 9.17) is 0 Å². The fourth-order valence-corrected chi connectivity index (χ4v) is 10.0. The van der Waals surface area contributed by atoms with E-state index in [1.54, 1.807) is 11.0 Å². The van der Waals surface area contributed by atoms with E-state index in [9.17, 15) is 32.4 Å². The van der Waals surface area contributed by atoms with Gasteiger partial charge < -0.3 is 26.2 Å². The number of urea groups is 1. The first-order valence-electron chi connectivity index (χ1n) is 19.7. The van der Waals surface area contributed by atoms with Gasteiger partial charge in [0.25, 0.3) is 5.91 Å². The zero-order valence-electron chi connectivity index (χ0n) is 33.5. The summed E-state index contributed by atoms with van der Waals surface area (Å²) in [6.07, 6.45) is 10.7. The number of Topliss-reactive ketones (excluding diaryl/α,β-unsaturated/α-hetero) is 1. The molecule has 4 N–H and O–H groups in total. The lowest BCUT2D eigenvalue weighted by atomic mass is 9.70. The number of piperidine rings is 1. The topological polar surface area (TPSA) is 187 Å². The Bertz CT molecular complexity index is 1730. The monoisotopic (exact) mass is 783 g/mol. The van der Waals surface area contributed by atoms with Crippen molar-refractivity contribution in [1.29, 1.82) is 0 Å². The number of sulfonamides is 1. The van der Waals surface area contributed by atoms with E-state index in [1.807, 2.05) is 27.7 Å². The van der Waals surface area contributed by atoms with Gasteiger partial charge in [0.2, 0.25) is 27.6 Å². The number of hydrogen-bond donors (Lipinski definition) is 4. The second-order valence-corrected chi connectivity index (χ2v) is 20.1. The SMILES string of the molecule is C=CCNC(=O)C(=O)C(NC(=O)[C@@H]1[C@@H]2[C@H](CN1C(=O)[C@@H](NC(=O)N[C@H](CN(C)S(=O)(=O)c1cccnc1)C(C)(C)C)C1(C)CCCCC1)C2(C)C)C1CCC1. The van der Waals surface area contributed by atoms with Crippen LogP contribution in [0.25, 0.3) is 0 Å². The standard InChI is InChI=1S/C40H61N7O7S/c1-9-20-42-35(50)32(48)30(25-15-13-16-25)44-34(49)31-29-27(39(29,5)6)23-47(31)36(51)33(40(7)18-11-10-12-19-40)45-37(52)43-28(38(2,3)4)24-46(8)55(53,54)26-17-14-21-41-22-26/h9,14,17,21-22,25,27-31,33H,1,10-13,15-16,18-20,23-24H2,2-8H3,(H,42,50)(H,44,49)(H2,43,45,52)/t27-,28+,29-,30?,31-,33+/m0/s1. The highest BCUT2D eigenvalue weighted by Crippen LogP contribution is 2.65. The number of carbonyl (C=O) groups is 5. The van der Waals surface area contributed by atoms with Crippen molar-refractivity contribution < 1.29 is 32.4 Å². The molecule has 3 aliphatic carbocycles. The van der Waals surface area contributed by atoms with Gasteiger partial charge in [-0.2, -0.15) is 4.31 Å². The molecule has 1 aliphatic heterocycles. The minimum atomic E-state index is -3.90. The number of pyridine rings is 1. The van der Waals surface area contributed by atoms with Crippen molar-refractivity contribution in [2.24, 2.45) is 34.0 Å². The third-order valence-corrected chi connectivity index (χ3v) is 14.7. The summed E-state index contributed by atoms with van der Waals surface area (Å²) in [4.78, 5) is 75.0. The molecule has 14 nitrogen and oxygen atoms in total. The van der Waals surface area contributed by atoms with Crippen LogP contribution in [0.15, 0.2) is 42.1 Å². The number of ketones is 1. The molecule has 2 heterocycles. The van der Waals surface area contributed by atoms with Crippen LogP contribution >= 0.6 is 0 Å². The van der Waals surface area contributed by atoms with Gasteiger partial charge in [-0.05, 0) is 71.8 Å². The Morgan fingerprint density at radius 2 is 1.71 bits per heavy atom. The molecule has 1 aromatic heterocycles. The first-order valence-corrected chi connectivity index (χ1v) is 21.1. The van der Waals surface area contributed by atoms with Crippen LogP contribution in [0.1, 0.15) is 92.9 Å². The minimum absolute atomic E-state index is 0.0373. The lowest BCUT2D eigenvalue weighted by Gasteiger charge is -2.44. The zero-order valence-corrected chi connectivity index (χ0v) is 34.3. The summed E-state index contributed by atoms with van der Waals surface area (Å²) in [5, 5.41) is 11.5. The smallest absolute Gasteiger partial charge is 0.315 e. The van der Waals surface area contributed by atoms with Gasteiger partial charge in [0.15, 0.2) is 0 Å². The van der Waals surface area contributed by atoms with E-state index in [0.717, 1.165) is 25.7 Å². The van der Waals surface area contributed by atoms with Gasteiger partial charge >= 0.3 is 6.03 Å². The maximum absolute atomic E-state index is 14.9. The molecule has 15 heteroatoms. The van der Waals surface area contributed by atoms with Gasteiger partial charge in [-0.25, -0.2) is 13.2 Å². The Balaban J connectivity index is 1.38. The second-order valence-electron chi connectivity index (χ2n) is 18.1. The van der Waals surface area contributed by atoms with E-state index >= 15 is 0 Å². The minimum Gasteiger partial charge on any atom is -0.346 e. The van der Waals surface area contributed by atoms with Crippen LogP contribution in [-0.4, -0.2) is 103 Å². The van der Waals surface area contributed by atoms with Crippen LogP contribution < -0.4 is 21.3 Å². The summed E-state index contributed by atoms with van der Waals surface area (Å²) in [7, 11) is -2.45. The Morgan fingerprint density at radius 1 is 1.04 bits per heavy atom. The summed E-state index contributed by atoms with van der Waals surface area (Å²) in [6.45, 7) is 15.9. The van der Waals surface area contributed by atoms with Gasteiger partial charge in [-0.15, -0.1) is 6.58 Å². The second kappa shape index (κ2) is 16.3. The average Bonchev–Trinajstić information content (AvgIpc) is 3.41. The van der Waals surface area contributed by atoms with Crippen molar-refractivity contribution in [2.45, 2.75) is 122 Å². The highest BCUT2D eigenvalue weighted by Gasteiger charge is 2.70. The number of hydrogen-bond acceptors (Lipinski definition) is 8. The maximum Gasteiger partial charge on any atom is 0.315 e. The van der Waals surface area contributed by atoms with Gasteiger partial charge in [-0.3, -0.25) is 24.2 Å². The fourth-order valence-electron chi connectivity index (χ4n) is 8.87. The zero-order chi connectivity index (χ0) is 40.5. The molecule has 0 aromatic carbocycles. The molecular weight excluding hydrogens is 723 g/mol. The van der Waals surface area contributed by atoms with E-state index in [1.165, 1.54) is 35.9 Å². The molecule has 5 amide bonds. The third-order valence-electron chi connectivity index (χ3n) is 12.9. The Hall–Kier alpha value is -3.85. The summed E-state index contributed by atoms with van der Waals surface area (Å²) >= 11 is 0. The van der Waals surface area contributed by atoms with Crippen molar-refractivity contribution in [3.8, 4) is 0 Å². The maximum atomic E-state index is 14.9. The highest BCUT2D eigenvalue weighted by molar-refractivity contribution is 7.89. The molecule has 55 heavy (non-hydrogen) atoms. The first kappa shape index (κ1) is 42.3. The molecule has 0 bridgehead atoms. The van der Waals surface area contributed by atoms with Crippen LogP contribution in [0, 0.1) is 34.0 Å². The number of rotatable bonds is 15. The normalized spacial score (nSPS) is 24.7. The molecule has 1 saturated heterocycles. The van der Waals surface area contributed by atoms with Crippen molar-refractivity contribution in [1.82, 2.24) is 35.5 Å². The Labute approximate surface area is 326 Å².